The topological polar surface area (TPSA) is 67.9 Å². The van der Waals surface area contributed by atoms with Crippen LogP contribution in [0.4, 0.5) is 10.5 Å². The average Bonchev–Trinajstić information content (AvgIpc) is 2.95. The lowest BCUT2D eigenvalue weighted by Gasteiger charge is -2.14. The second-order valence-electron chi connectivity index (χ2n) is 5.97. The molecular weight excluding hydrogens is 460 g/mol. The van der Waals surface area contributed by atoms with Crippen LogP contribution in [0.15, 0.2) is 59.2 Å². The van der Waals surface area contributed by atoms with Gasteiger partial charge in [0.15, 0.2) is 11.5 Å². The fourth-order valence-electron chi connectivity index (χ4n) is 2.74. The van der Waals surface area contributed by atoms with Crippen molar-refractivity contribution in [3.05, 3.63) is 69.8 Å². The van der Waals surface area contributed by atoms with Gasteiger partial charge in [-0.1, -0.05) is 24.3 Å². The van der Waals surface area contributed by atoms with Crippen LogP contribution in [0.5, 0.6) is 11.5 Å². The summed E-state index contributed by atoms with van der Waals surface area (Å²) in [4.78, 5) is 26.2. The van der Waals surface area contributed by atoms with Crippen LogP contribution in [-0.4, -0.2) is 25.2 Å². The minimum atomic E-state index is -0.529. The molecule has 8 heteroatoms. The first-order valence-corrected chi connectivity index (χ1v) is 9.94. The summed E-state index contributed by atoms with van der Waals surface area (Å²) in [6.45, 7) is 6.27. The molecule has 6 nitrogen and oxygen atoms in total. The standard InChI is InChI=1S/C21H18BrClN2O4/c1-3-9-29-19-16(22)10-13(12-18(19)28-4-2)11-17-20(26)25(21(27)24-17)15-7-5-14(23)6-8-15/h3,5-8,10-12H,1,4,9H2,2H3,(H,24,27)/b17-11+. The Labute approximate surface area is 181 Å². The highest BCUT2D eigenvalue weighted by atomic mass is 79.9. The highest BCUT2D eigenvalue weighted by Crippen LogP contribution is 2.38. The van der Waals surface area contributed by atoms with Gasteiger partial charge in [-0.05, 0) is 70.9 Å². The first-order valence-electron chi connectivity index (χ1n) is 8.77. The minimum Gasteiger partial charge on any atom is -0.490 e. The highest BCUT2D eigenvalue weighted by Gasteiger charge is 2.34. The zero-order chi connectivity index (χ0) is 21.0. The normalized spacial score (nSPS) is 14.9. The molecule has 1 aliphatic heterocycles. The third-order valence-corrected chi connectivity index (χ3v) is 4.79. The zero-order valence-electron chi connectivity index (χ0n) is 15.6. The van der Waals surface area contributed by atoms with Gasteiger partial charge < -0.3 is 14.8 Å². The van der Waals surface area contributed by atoms with E-state index in [0.717, 1.165) is 4.90 Å². The van der Waals surface area contributed by atoms with Crippen LogP contribution in [0.1, 0.15) is 12.5 Å². The molecule has 1 aliphatic rings. The summed E-state index contributed by atoms with van der Waals surface area (Å²) in [6.07, 6.45) is 3.22. The van der Waals surface area contributed by atoms with E-state index in [0.29, 0.717) is 45.5 Å². The Kier molecular flexibility index (Phi) is 6.61. The summed E-state index contributed by atoms with van der Waals surface area (Å²) in [5, 5.41) is 3.12. The summed E-state index contributed by atoms with van der Waals surface area (Å²) < 4.78 is 12.0. The number of imide groups is 1. The maximum Gasteiger partial charge on any atom is 0.333 e. The molecule has 2 aromatic rings. The maximum atomic E-state index is 12.8. The summed E-state index contributed by atoms with van der Waals surface area (Å²) in [5.41, 5.74) is 1.25. The lowest BCUT2D eigenvalue weighted by Crippen LogP contribution is -2.30. The summed E-state index contributed by atoms with van der Waals surface area (Å²) in [6, 6.07) is 9.44. The lowest BCUT2D eigenvalue weighted by molar-refractivity contribution is -0.113. The van der Waals surface area contributed by atoms with Crippen molar-refractivity contribution in [1.29, 1.82) is 0 Å². The molecule has 1 saturated heterocycles. The SMILES string of the molecule is C=CCOc1c(Br)cc(/C=C2/NC(=O)N(c3ccc(Cl)cc3)C2=O)cc1OCC. The van der Waals surface area contributed by atoms with Crippen LogP contribution < -0.4 is 19.7 Å². The molecular formula is C21H18BrClN2O4. The molecule has 1 fully saturated rings. The number of ether oxygens (including phenoxy) is 2. The molecule has 0 aromatic heterocycles. The van der Waals surface area contributed by atoms with Crippen LogP contribution in [0.3, 0.4) is 0 Å². The van der Waals surface area contributed by atoms with E-state index in [1.807, 2.05) is 6.92 Å². The first-order chi connectivity index (χ1) is 13.9. The van der Waals surface area contributed by atoms with E-state index < -0.39 is 11.9 Å². The second-order valence-corrected chi connectivity index (χ2v) is 7.26. The molecule has 0 spiro atoms. The number of anilines is 1. The molecule has 1 N–H and O–H groups in total. The number of nitrogens with zero attached hydrogens (tertiary/aromatic N) is 1. The van der Waals surface area contributed by atoms with Crippen molar-refractivity contribution in [2.45, 2.75) is 6.92 Å². The summed E-state index contributed by atoms with van der Waals surface area (Å²) in [5.74, 6) is 0.596. The van der Waals surface area contributed by atoms with E-state index in [4.69, 9.17) is 21.1 Å². The van der Waals surface area contributed by atoms with Gasteiger partial charge in [0, 0.05) is 5.02 Å². The molecule has 2 aromatic carbocycles. The van der Waals surface area contributed by atoms with Gasteiger partial charge in [-0.2, -0.15) is 0 Å². The predicted molar refractivity (Wildman–Crippen MR) is 116 cm³/mol. The Balaban J connectivity index is 1.93. The third-order valence-electron chi connectivity index (χ3n) is 3.95. The monoisotopic (exact) mass is 476 g/mol. The fraction of sp³-hybridized carbons (Fsp3) is 0.143. The Morgan fingerprint density at radius 1 is 1.21 bits per heavy atom. The highest BCUT2D eigenvalue weighted by molar-refractivity contribution is 9.10. The fourth-order valence-corrected chi connectivity index (χ4v) is 3.44. The number of halogens is 2. The maximum absolute atomic E-state index is 12.8. The van der Waals surface area contributed by atoms with Gasteiger partial charge >= 0.3 is 6.03 Å². The molecule has 0 aliphatic carbocycles. The van der Waals surface area contributed by atoms with Crippen molar-refractivity contribution in [2.24, 2.45) is 0 Å². The van der Waals surface area contributed by atoms with Crippen molar-refractivity contribution in [1.82, 2.24) is 5.32 Å². The predicted octanol–water partition coefficient (Wildman–Crippen LogP) is 5.16. The molecule has 150 valence electrons. The minimum absolute atomic E-state index is 0.152. The molecule has 3 rings (SSSR count). The zero-order valence-corrected chi connectivity index (χ0v) is 17.9. The Morgan fingerprint density at radius 3 is 2.59 bits per heavy atom. The number of carbonyl (C=O) groups excluding carboxylic acids is 2. The van der Waals surface area contributed by atoms with Crippen molar-refractivity contribution in [3.8, 4) is 11.5 Å². The number of carbonyl (C=O) groups is 2. The number of amides is 3. The van der Waals surface area contributed by atoms with Crippen LogP contribution in [0, 0.1) is 0 Å². The number of nitrogens with one attached hydrogen (secondary N) is 1. The molecule has 0 atom stereocenters. The van der Waals surface area contributed by atoms with Crippen molar-refractivity contribution >= 4 is 51.2 Å². The van der Waals surface area contributed by atoms with E-state index in [1.165, 1.54) is 0 Å². The van der Waals surface area contributed by atoms with Crippen molar-refractivity contribution in [3.63, 3.8) is 0 Å². The van der Waals surface area contributed by atoms with E-state index in [9.17, 15) is 9.59 Å². The van der Waals surface area contributed by atoms with Crippen LogP contribution in [0.25, 0.3) is 6.08 Å². The quantitative estimate of drug-likeness (QED) is 0.340. The van der Waals surface area contributed by atoms with E-state index in [2.05, 4.69) is 27.8 Å². The van der Waals surface area contributed by atoms with Gasteiger partial charge in [0.25, 0.3) is 5.91 Å². The summed E-state index contributed by atoms with van der Waals surface area (Å²) >= 11 is 9.35. The van der Waals surface area contributed by atoms with Crippen LogP contribution in [0.2, 0.25) is 5.02 Å². The van der Waals surface area contributed by atoms with E-state index in [-0.39, 0.29) is 5.70 Å². The second kappa shape index (κ2) is 9.15. The number of hydrogen-bond acceptors (Lipinski definition) is 4. The Bertz CT molecular complexity index is 989. The van der Waals surface area contributed by atoms with Crippen LogP contribution >= 0.6 is 27.5 Å². The molecule has 0 bridgehead atoms. The van der Waals surface area contributed by atoms with Gasteiger partial charge in [-0.15, -0.1) is 0 Å². The Morgan fingerprint density at radius 2 is 1.93 bits per heavy atom. The number of benzene rings is 2. The molecule has 0 unspecified atom stereocenters. The van der Waals surface area contributed by atoms with Crippen molar-refractivity contribution < 1.29 is 19.1 Å². The van der Waals surface area contributed by atoms with Gasteiger partial charge in [-0.25, -0.2) is 9.69 Å². The van der Waals surface area contributed by atoms with Crippen molar-refractivity contribution in [2.75, 3.05) is 18.1 Å². The Hall–Kier alpha value is -2.77. The first kappa shape index (κ1) is 21.0. The third kappa shape index (κ3) is 4.63. The number of urea groups is 1. The number of hydrogen-bond donors (Lipinski definition) is 1. The molecule has 3 amide bonds. The average molecular weight is 478 g/mol. The lowest BCUT2D eigenvalue weighted by atomic mass is 10.1. The largest absolute Gasteiger partial charge is 0.490 e. The van der Waals surface area contributed by atoms with Gasteiger partial charge in [0.05, 0.1) is 16.8 Å². The van der Waals surface area contributed by atoms with Gasteiger partial charge in [0.2, 0.25) is 0 Å². The van der Waals surface area contributed by atoms with Gasteiger partial charge in [0.1, 0.15) is 12.3 Å². The molecule has 29 heavy (non-hydrogen) atoms. The van der Waals surface area contributed by atoms with Crippen LogP contribution in [-0.2, 0) is 4.79 Å². The molecule has 0 saturated carbocycles. The molecule has 1 heterocycles. The van der Waals surface area contributed by atoms with Gasteiger partial charge in [-0.3, -0.25) is 4.79 Å². The smallest absolute Gasteiger partial charge is 0.333 e. The summed E-state index contributed by atoms with van der Waals surface area (Å²) in [7, 11) is 0. The molecule has 0 radical (unpaired) electrons. The van der Waals surface area contributed by atoms with E-state index in [1.54, 1.807) is 48.6 Å². The van der Waals surface area contributed by atoms with E-state index >= 15 is 0 Å². The number of rotatable bonds is 7.